The van der Waals surface area contributed by atoms with E-state index in [2.05, 4.69) is 53.4 Å². The zero-order valence-corrected chi connectivity index (χ0v) is 22.2. The summed E-state index contributed by atoms with van der Waals surface area (Å²) in [5, 5.41) is 4.36. The average Bonchev–Trinajstić information content (AvgIpc) is 3.34. The molecule has 1 amide bonds. The Morgan fingerprint density at radius 3 is 2.75 bits per heavy atom. The standard InChI is InChI=1S/C30H41N3O3/c1-5-22-11-8-12-24-26(20-32-30(22)24)25(23-13-14-27(35-3)28(18-23)36-4)19-29(34)31-15-9-17-33-16-7-6-10-21(33)2/h8,11-14,18,20-21,25,32H,5-7,9-10,15-17,19H2,1-4H3,(H,31,34)/t21-,25-/m1/s1. The molecule has 2 aromatic carbocycles. The Bertz CT molecular complexity index is 1160. The van der Waals surface area contributed by atoms with Crippen molar-refractivity contribution in [2.75, 3.05) is 33.9 Å². The molecule has 2 heterocycles. The number of aromatic amines is 1. The summed E-state index contributed by atoms with van der Waals surface area (Å²) in [6, 6.07) is 13.0. The summed E-state index contributed by atoms with van der Waals surface area (Å²) >= 11 is 0. The monoisotopic (exact) mass is 491 g/mol. The van der Waals surface area contributed by atoms with Crippen LogP contribution < -0.4 is 14.8 Å². The van der Waals surface area contributed by atoms with Gasteiger partial charge in [0.05, 0.1) is 14.2 Å². The zero-order valence-electron chi connectivity index (χ0n) is 22.2. The Labute approximate surface area is 215 Å². The predicted octanol–water partition coefficient (Wildman–Crippen LogP) is 5.65. The van der Waals surface area contributed by atoms with Gasteiger partial charge in [0.2, 0.25) is 5.91 Å². The molecular weight excluding hydrogens is 450 g/mol. The maximum atomic E-state index is 13.2. The molecule has 1 fully saturated rings. The Hall–Kier alpha value is -2.99. The minimum absolute atomic E-state index is 0.0717. The molecule has 1 saturated heterocycles. The van der Waals surface area contributed by atoms with Crippen LogP contribution in [0.2, 0.25) is 0 Å². The number of aryl methyl sites for hydroxylation is 1. The Morgan fingerprint density at radius 2 is 2.00 bits per heavy atom. The number of ether oxygens (including phenoxy) is 2. The first-order valence-electron chi connectivity index (χ1n) is 13.4. The minimum atomic E-state index is -0.104. The van der Waals surface area contributed by atoms with E-state index in [-0.39, 0.29) is 11.8 Å². The van der Waals surface area contributed by atoms with Crippen molar-refractivity contribution in [2.24, 2.45) is 0 Å². The fourth-order valence-electron chi connectivity index (χ4n) is 5.56. The maximum Gasteiger partial charge on any atom is 0.220 e. The fourth-order valence-corrected chi connectivity index (χ4v) is 5.56. The number of piperidine rings is 1. The van der Waals surface area contributed by atoms with E-state index in [0.29, 0.717) is 30.5 Å². The SMILES string of the molecule is CCc1cccc2c([C@H](CC(=O)NCCCN3CCCC[C@H]3C)c3ccc(OC)c(OC)c3)c[nH]c12. The number of methoxy groups -OCH3 is 2. The van der Waals surface area contributed by atoms with Crippen LogP contribution in [0.3, 0.4) is 0 Å². The summed E-state index contributed by atoms with van der Waals surface area (Å²) < 4.78 is 11.0. The highest BCUT2D eigenvalue weighted by Gasteiger charge is 2.24. The third kappa shape index (κ3) is 5.86. The molecule has 0 saturated carbocycles. The largest absolute Gasteiger partial charge is 0.493 e. The zero-order chi connectivity index (χ0) is 25.5. The lowest BCUT2D eigenvalue weighted by molar-refractivity contribution is -0.121. The molecule has 6 heteroatoms. The van der Waals surface area contributed by atoms with Crippen LogP contribution in [0.1, 0.15) is 68.6 Å². The number of aromatic nitrogens is 1. The molecule has 0 radical (unpaired) electrons. The second kappa shape index (κ2) is 12.3. The molecule has 2 atom stereocenters. The molecule has 1 aliphatic rings. The number of rotatable bonds is 11. The first-order valence-corrected chi connectivity index (χ1v) is 13.4. The molecule has 4 rings (SSSR count). The normalized spacial score (nSPS) is 17.2. The predicted molar refractivity (Wildman–Crippen MR) is 146 cm³/mol. The molecule has 194 valence electrons. The van der Waals surface area contributed by atoms with Crippen molar-refractivity contribution in [1.29, 1.82) is 0 Å². The van der Waals surface area contributed by atoms with Crippen LogP contribution in [-0.4, -0.2) is 55.7 Å². The van der Waals surface area contributed by atoms with Gasteiger partial charge in [-0.25, -0.2) is 0 Å². The quantitative estimate of drug-likeness (QED) is 0.340. The molecule has 0 bridgehead atoms. The van der Waals surface area contributed by atoms with Crippen LogP contribution in [-0.2, 0) is 11.2 Å². The van der Waals surface area contributed by atoms with Crippen molar-refractivity contribution < 1.29 is 14.3 Å². The third-order valence-corrected chi connectivity index (χ3v) is 7.67. The van der Waals surface area contributed by atoms with Crippen LogP contribution in [0.4, 0.5) is 0 Å². The lowest BCUT2D eigenvalue weighted by atomic mass is 9.87. The van der Waals surface area contributed by atoms with Gasteiger partial charge in [0, 0.05) is 48.6 Å². The van der Waals surface area contributed by atoms with Gasteiger partial charge in [0.25, 0.3) is 0 Å². The number of H-pyrrole nitrogens is 1. The number of benzene rings is 2. The van der Waals surface area contributed by atoms with E-state index in [4.69, 9.17) is 9.47 Å². The number of carbonyl (C=O) groups is 1. The van der Waals surface area contributed by atoms with Gasteiger partial charge in [0.1, 0.15) is 0 Å². The number of carbonyl (C=O) groups excluding carboxylic acids is 1. The second-order valence-corrected chi connectivity index (χ2v) is 9.89. The van der Waals surface area contributed by atoms with Crippen molar-refractivity contribution in [2.45, 2.75) is 64.3 Å². The summed E-state index contributed by atoms with van der Waals surface area (Å²) in [7, 11) is 3.28. The lowest BCUT2D eigenvalue weighted by Gasteiger charge is -2.33. The summed E-state index contributed by atoms with van der Waals surface area (Å²) in [6.07, 6.45) is 8.27. The topological polar surface area (TPSA) is 66.6 Å². The molecule has 0 aliphatic carbocycles. The van der Waals surface area contributed by atoms with Gasteiger partial charge in [-0.15, -0.1) is 0 Å². The summed E-state index contributed by atoms with van der Waals surface area (Å²) in [6.45, 7) is 7.41. The van der Waals surface area contributed by atoms with E-state index in [1.54, 1.807) is 14.2 Å². The summed E-state index contributed by atoms with van der Waals surface area (Å²) in [4.78, 5) is 19.2. The van der Waals surface area contributed by atoms with Crippen LogP contribution >= 0.6 is 0 Å². The van der Waals surface area contributed by atoms with Crippen LogP contribution in [0.5, 0.6) is 11.5 Å². The highest BCUT2D eigenvalue weighted by molar-refractivity contribution is 5.88. The first-order chi connectivity index (χ1) is 17.5. The molecular formula is C30H41N3O3. The van der Waals surface area contributed by atoms with E-state index in [0.717, 1.165) is 36.0 Å². The number of likely N-dealkylation sites (tertiary alicyclic amines) is 1. The van der Waals surface area contributed by atoms with Crippen molar-refractivity contribution in [3.05, 3.63) is 59.3 Å². The Kier molecular flexibility index (Phi) is 8.92. The van der Waals surface area contributed by atoms with E-state index >= 15 is 0 Å². The Balaban J connectivity index is 1.52. The lowest BCUT2D eigenvalue weighted by Crippen LogP contribution is -2.39. The van der Waals surface area contributed by atoms with Gasteiger partial charge < -0.3 is 24.7 Å². The fraction of sp³-hybridized carbons (Fsp3) is 0.500. The molecule has 0 spiro atoms. The number of hydrogen-bond acceptors (Lipinski definition) is 4. The molecule has 0 unspecified atom stereocenters. The van der Waals surface area contributed by atoms with Gasteiger partial charge >= 0.3 is 0 Å². The molecule has 1 aromatic heterocycles. The van der Waals surface area contributed by atoms with E-state index in [1.165, 1.54) is 36.8 Å². The first kappa shape index (κ1) is 26.1. The molecule has 3 aromatic rings. The van der Waals surface area contributed by atoms with Gasteiger partial charge in [0.15, 0.2) is 11.5 Å². The van der Waals surface area contributed by atoms with Crippen molar-refractivity contribution in [3.8, 4) is 11.5 Å². The number of hydrogen-bond donors (Lipinski definition) is 2. The molecule has 2 N–H and O–H groups in total. The Morgan fingerprint density at radius 1 is 1.17 bits per heavy atom. The number of nitrogens with one attached hydrogen (secondary N) is 2. The van der Waals surface area contributed by atoms with Crippen LogP contribution in [0.25, 0.3) is 10.9 Å². The van der Waals surface area contributed by atoms with Gasteiger partial charge in [-0.1, -0.05) is 37.6 Å². The van der Waals surface area contributed by atoms with Crippen molar-refractivity contribution in [1.82, 2.24) is 15.2 Å². The number of para-hydroxylation sites is 1. The highest BCUT2D eigenvalue weighted by Crippen LogP contribution is 2.38. The van der Waals surface area contributed by atoms with Crippen LogP contribution in [0, 0.1) is 0 Å². The smallest absolute Gasteiger partial charge is 0.220 e. The van der Waals surface area contributed by atoms with E-state index in [9.17, 15) is 4.79 Å². The number of fused-ring (bicyclic) bond motifs is 1. The third-order valence-electron chi connectivity index (χ3n) is 7.67. The van der Waals surface area contributed by atoms with Gasteiger partial charge in [-0.05, 0) is 68.0 Å². The van der Waals surface area contributed by atoms with Crippen molar-refractivity contribution >= 4 is 16.8 Å². The second-order valence-electron chi connectivity index (χ2n) is 9.89. The summed E-state index contributed by atoms with van der Waals surface area (Å²) in [5.41, 5.74) is 4.59. The highest BCUT2D eigenvalue weighted by atomic mass is 16.5. The number of nitrogens with zero attached hydrogens (tertiary/aromatic N) is 1. The summed E-state index contributed by atoms with van der Waals surface area (Å²) in [5.74, 6) is 1.32. The minimum Gasteiger partial charge on any atom is -0.493 e. The van der Waals surface area contributed by atoms with Crippen LogP contribution in [0.15, 0.2) is 42.6 Å². The maximum absolute atomic E-state index is 13.2. The van der Waals surface area contributed by atoms with Gasteiger partial charge in [-0.3, -0.25) is 4.79 Å². The molecule has 36 heavy (non-hydrogen) atoms. The van der Waals surface area contributed by atoms with Crippen molar-refractivity contribution in [3.63, 3.8) is 0 Å². The van der Waals surface area contributed by atoms with Gasteiger partial charge in [-0.2, -0.15) is 0 Å². The van der Waals surface area contributed by atoms with E-state index in [1.807, 2.05) is 18.2 Å². The molecule has 6 nitrogen and oxygen atoms in total. The number of amides is 1. The average molecular weight is 492 g/mol. The van der Waals surface area contributed by atoms with E-state index < -0.39 is 0 Å². The molecule has 1 aliphatic heterocycles.